The summed E-state index contributed by atoms with van der Waals surface area (Å²) in [6.07, 6.45) is 1.23. The van der Waals surface area contributed by atoms with Crippen LogP contribution in [0, 0.1) is 0 Å². The number of rotatable bonds is 7. The number of hydrogen-bond donors (Lipinski definition) is 1. The van der Waals surface area contributed by atoms with Crippen LogP contribution < -0.4 is 5.43 Å². The Kier molecular flexibility index (Phi) is 6.06. The van der Waals surface area contributed by atoms with E-state index in [1.807, 2.05) is 54.6 Å². The number of nitrogens with zero attached hydrogens (tertiary/aromatic N) is 1. The van der Waals surface area contributed by atoms with Gasteiger partial charge in [0.1, 0.15) is 18.8 Å². The summed E-state index contributed by atoms with van der Waals surface area (Å²) < 4.78 is 4.86. The molecular weight excluding hydrogens is 292 g/mol. The lowest BCUT2D eigenvalue weighted by atomic mass is 10.0. The molecule has 5 nitrogen and oxygen atoms in total. The summed E-state index contributed by atoms with van der Waals surface area (Å²) >= 11 is 0. The zero-order valence-corrected chi connectivity index (χ0v) is 12.9. The van der Waals surface area contributed by atoms with Crippen molar-refractivity contribution in [1.82, 2.24) is 0 Å². The predicted octanol–water partition coefficient (Wildman–Crippen LogP) is 3.27. The highest BCUT2D eigenvalue weighted by Crippen LogP contribution is 2.27. The van der Waals surface area contributed by atoms with Gasteiger partial charge >= 0.3 is 5.97 Å². The van der Waals surface area contributed by atoms with E-state index in [9.17, 15) is 9.59 Å². The van der Waals surface area contributed by atoms with Crippen LogP contribution in [0.25, 0.3) is 11.1 Å². The lowest BCUT2D eigenvalue weighted by Gasteiger charge is -2.08. The number of nitrogens with one attached hydrogen (secondary N) is 1. The Morgan fingerprint density at radius 1 is 1.09 bits per heavy atom. The molecule has 0 heterocycles. The van der Waals surface area contributed by atoms with Crippen LogP contribution in [-0.4, -0.2) is 24.6 Å². The largest absolute Gasteiger partial charge is 0.459 e. The predicted molar refractivity (Wildman–Crippen MR) is 90.2 cm³/mol. The van der Waals surface area contributed by atoms with E-state index in [4.69, 9.17) is 4.74 Å². The summed E-state index contributed by atoms with van der Waals surface area (Å²) in [5.74, 6) is -0.768. The Labute approximate surface area is 135 Å². The maximum Gasteiger partial charge on any atom is 0.313 e. The van der Waals surface area contributed by atoms with Crippen molar-refractivity contribution in [3.05, 3.63) is 54.6 Å². The van der Waals surface area contributed by atoms with E-state index in [0.29, 0.717) is 0 Å². The molecule has 0 saturated carbocycles. The number of ether oxygens (including phenoxy) is 1. The molecule has 0 aliphatic rings. The van der Waals surface area contributed by atoms with Crippen LogP contribution in [0.2, 0.25) is 0 Å². The SMILES string of the molecule is CC(=O)CC(=O)OCC=NNc1ccccc1-c1ccccc1. The van der Waals surface area contributed by atoms with E-state index >= 15 is 0 Å². The number of esters is 1. The zero-order chi connectivity index (χ0) is 16.5. The fraction of sp³-hybridized carbons (Fsp3) is 0.167. The van der Waals surface area contributed by atoms with Crippen molar-refractivity contribution in [3.63, 3.8) is 0 Å². The number of para-hydroxylation sites is 1. The fourth-order valence-electron chi connectivity index (χ4n) is 1.99. The van der Waals surface area contributed by atoms with Gasteiger partial charge in [-0.3, -0.25) is 15.0 Å². The number of carbonyl (C=O) groups is 2. The van der Waals surface area contributed by atoms with Crippen LogP contribution in [0.5, 0.6) is 0 Å². The Morgan fingerprint density at radius 2 is 1.78 bits per heavy atom. The normalized spacial score (nSPS) is 10.5. The van der Waals surface area contributed by atoms with Gasteiger partial charge in [-0.2, -0.15) is 5.10 Å². The van der Waals surface area contributed by atoms with Crippen molar-refractivity contribution >= 4 is 23.7 Å². The summed E-state index contributed by atoms with van der Waals surface area (Å²) in [7, 11) is 0. The number of carbonyl (C=O) groups excluding carboxylic acids is 2. The number of ketones is 1. The first-order valence-electron chi connectivity index (χ1n) is 7.24. The molecule has 0 aliphatic heterocycles. The van der Waals surface area contributed by atoms with Crippen molar-refractivity contribution in [2.24, 2.45) is 5.10 Å². The zero-order valence-electron chi connectivity index (χ0n) is 12.9. The van der Waals surface area contributed by atoms with E-state index in [-0.39, 0.29) is 18.8 Å². The van der Waals surface area contributed by atoms with Crippen LogP contribution in [-0.2, 0) is 14.3 Å². The fourth-order valence-corrected chi connectivity index (χ4v) is 1.99. The van der Waals surface area contributed by atoms with Crippen molar-refractivity contribution in [2.75, 3.05) is 12.0 Å². The van der Waals surface area contributed by atoms with Gasteiger partial charge in [0.05, 0.1) is 11.9 Å². The molecule has 0 aromatic heterocycles. The first-order valence-corrected chi connectivity index (χ1v) is 7.24. The number of Topliss-reactive ketones (excluding diaryl/α,β-unsaturated/α-hetero) is 1. The second-order valence-electron chi connectivity index (χ2n) is 4.90. The summed E-state index contributed by atoms with van der Waals surface area (Å²) in [6, 6.07) is 17.8. The van der Waals surface area contributed by atoms with Crippen LogP contribution in [0.3, 0.4) is 0 Å². The second kappa shape index (κ2) is 8.48. The molecule has 2 aromatic rings. The third kappa shape index (κ3) is 5.39. The maximum atomic E-state index is 11.2. The highest BCUT2D eigenvalue weighted by atomic mass is 16.5. The topological polar surface area (TPSA) is 67.8 Å². The van der Waals surface area contributed by atoms with E-state index < -0.39 is 5.97 Å². The van der Waals surface area contributed by atoms with E-state index in [1.54, 1.807) is 0 Å². The molecule has 0 atom stereocenters. The highest BCUT2D eigenvalue weighted by Gasteiger charge is 2.05. The molecule has 0 bridgehead atoms. The number of benzene rings is 2. The molecule has 0 radical (unpaired) electrons. The molecule has 118 valence electrons. The smallest absolute Gasteiger partial charge is 0.313 e. The summed E-state index contributed by atoms with van der Waals surface area (Å²) in [5.41, 5.74) is 5.90. The lowest BCUT2D eigenvalue weighted by molar-refractivity contribution is -0.144. The average molecular weight is 310 g/mol. The minimum absolute atomic E-state index is 0.0205. The quantitative estimate of drug-likeness (QED) is 0.369. The monoisotopic (exact) mass is 310 g/mol. The Hall–Kier alpha value is -2.95. The Balaban J connectivity index is 1.93. The molecule has 0 amide bonds. The molecule has 5 heteroatoms. The average Bonchev–Trinajstić information content (AvgIpc) is 2.55. The number of anilines is 1. The van der Waals surface area contributed by atoms with E-state index in [1.165, 1.54) is 13.1 Å². The minimum atomic E-state index is -0.548. The van der Waals surface area contributed by atoms with Gasteiger partial charge in [-0.05, 0) is 18.6 Å². The third-order valence-corrected chi connectivity index (χ3v) is 3.00. The van der Waals surface area contributed by atoms with E-state index in [2.05, 4.69) is 10.5 Å². The van der Waals surface area contributed by atoms with Crippen molar-refractivity contribution in [1.29, 1.82) is 0 Å². The first kappa shape index (κ1) is 16.4. The molecule has 2 rings (SSSR count). The molecule has 1 N–H and O–H groups in total. The van der Waals surface area contributed by atoms with Gasteiger partial charge in [0.25, 0.3) is 0 Å². The van der Waals surface area contributed by atoms with Crippen LogP contribution in [0.4, 0.5) is 5.69 Å². The molecule has 2 aromatic carbocycles. The summed E-state index contributed by atoms with van der Waals surface area (Å²) in [5, 5.41) is 4.04. The van der Waals surface area contributed by atoms with Gasteiger partial charge in [0.15, 0.2) is 0 Å². The maximum absolute atomic E-state index is 11.2. The molecule has 0 spiro atoms. The van der Waals surface area contributed by atoms with Gasteiger partial charge in [-0.1, -0.05) is 48.5 Å². The molecule has 0 saturated heterocycles. The Morgan fingerprint density at radius 3 is 2.52 bits per heavy atom. The molecule has 0 fully saturated rings. The van der Waals surface area contributed by atoms with Gasteiger partial charge < -0.3 is 4.74 Å². The molecule has 0 unspecified atom stereocenters. The summed E-state index contributed by atoms with van der Waals surface area (Å²) in [6.45, 7) is 1.37. The second-order valence-corrected chi connectivity index (χ2v) is 4.90. The highest BCUT2D eigenvalue weighted by molar-refractivity contribution is 5.94. The standard InChI is InChI=1S/C18H18N2O3/c1-14(21)13-18(22)23-12-11-19-20-17-10-6-5-9-16(17)15-7-3-2-4-8-15/h2-11,20H,12-13H2,1H3. The van der Waals surface area contributed by atoms with Gasteiger partial charge in [0, 0.05) is 5.56 Å². The third-order valence-electron chi connectivity index (χ3n) is 3.00. The summed E-state index contributed by atoms with van der Waals surface area (Å²) in [4.78, 5) is 22.0. The van der Waals surface area contributed by atoms with Crippen molar-refractivity contribution in [3.8, 4) is 11.1 Å². The molecule has 23 heavy (non-hydrogen) atoms. The molecule has 0 aliphatic carbocycles. The van der Waals surface area contributed by atoms with E-state index in [0.717, 1.165) is 16.8 Å². The first-order chi connectivity index (χ1) is 11.2. The Bertz CT molecular complexity index is 696. The van der Waals surface area contributed by atoms with Crippen molar-refractivity contribution in [2.45, 2.75) is 13.3 Å². The van der Waals surface area contributed by atoms with Gasteiger partial charge in [0.2, 0.25) is 0 Å². The lowest BCUT2D eigenvalue weighted by Crippen LogP contribution is -2.10. The van der Waals surface area contributed by atoms with Gasteiger partial charge in [-0.25, -0.2) is 0 Å². The number of hydrazone groups is 1. The minimum Gasteiger partial charge on any atom is -0.459 e. The van der Waals surface area contributed by atoms with Crippen molar-refractivity contribution < 1.29 is 14.3 Å². The number of hydrogen-bond acceptors (Lipinski definition) is 5. The van der Waals surface area contributed by atoms with Crippen LogP contribution >= 0.6 is 0 Å². The van der Waals surface area contributed by atoms with Crippen LogP contribution in [0.1, 0.15) is 13.3 Å². The molecular formula is C18H18N2O3. The van der Waals surface area contributed by atoms with Crippen LogP contribution in [0.15, 0.2) is 59.7 Å². The van der Waals surface area contributed by atoms with Gasteiger partial charge in [-0.15, -0.1) is 0 Å².